The Bertz CT molecular complexity index is 1550. The number of urea groups is 1. The largest absolute Gasteiger partial charge is 0.475 e. The molecule has 1 saturated heterocycles. The third-order valence-corrected chi connectivity index (χ3v) is 8.16. The van der Waals surface area contributed by atoms with Gasteiger partial charge in [-0.15, -0.1) is 0 Å². The summed E-state index contributed by atoms with van der Waals surface area (Å²) >= 11 is 6.38. The van der Waals surface area contributed by atoms with E-state index in [-0.39, 0.29) is 35.5 Å². The predicted molar refractivity (Wildman–Crippen MR) is 182 cm³/mol. The molecule has 3 amide bonds. The second-order valence-corrected chi connectivity index (χ2v) is 11.5. The van der Waals surface area contributed by atoms with Crippen molar-refractivity contribution in [3.8, 4) is 5.75 Å². The van der Waals surface area contributed by atoms with E-state index in [2.05, 4.69) is 31.3 Å². The van der Waals surface area contributed by atoms with Crippen LogP contribution >= 0.6 is 11.6 Å². The van der Waals surface area contributed by atoms with Gasteiger partial charge in [0.2, 0.25) is 0 Å². The number of rotatable bonds is 9. The summed E-state index contributed by atoms with van der Waals surface area (Å²) < 4.78 is 20.2. The zero-order valence-corrected chi connectivity index (χ0v) is 27.7. The minimum atomic E-state index is -0.629. The molecule has 13 heteroatoms. The number of amides is 3. The van der Waals surface area contributed by atoms with Crippen LogP contribution in [-0.2, 0) is 0 Å². The molecule has 4 N–H and O–H groups in total. The molecule has 46 heavy (non-hydrogen) atoms. The molecule has 2 aromatic carbocycles. The molecular weight excluding hydrogens is 611 g/mol. The smallest absolute Gasteiger partial charge is 0.317 e. The SMILES string of the molecule is CNCOc1ccc(/C2=C/N=C(C)/C(Nc3ccc(C(=O)N4CCN(C(=O)NC[C@H](C)NC)CC4)c(C)c3)=N\C=C/C2)c(Cl)c1F. The number of halogens is 2. The first-order valence-corrected chi connectivity index (χ1v) is 15.6. The summed E-state index contributed by atoms with van der Waals surface area (Å²) in [5.41, 5.74) is 4.01. The molecule has 2 aliphatic heterocycles. The molecule has 0 aromatic heterocycles. The monoisotopic (exact) mass is 652 g/mol. The number of likely N-dealkylation sites (N-methyl/N-ethyl adjacent to an activating group) is 1. The van der Waals surface area contributed by atoms with Crippen molar-refractivity contribution in [2.75, 3.05) is 58.9 Å². The van der Waals surface area contributed by atoms with Crippen LogP contribution in [0.2, 0.25) is 5.02 Å². The van der Waals surface area contributed by atoms with E-state index in [0.29, 0.717) is 61.8 Å². The highest BCUT2D eigenvalue weighted by Crippen LogP contribution is 2.34. The molecule has 246 valence electrons. The number of anilines is 1. The maximum absolute atomic E-state index is 14.9. The van der Waals surface area contributed by atoms with Gasteiger partial charge < -0.3 is 30.5 Å². The number of aliphatic imine (C=N–C) groups is 2. The molecule has 0 unspecified atom stereocenters. The zero-order valence-electron chi connectivity index (χ0n) is 26.9. The first kappa shape index (κ1) is 34.6. The number of carbonyl (C=O) groups excluding carboxylic acids is 2. The third-order valence-electron chi connectivity index (χ3n) is 7.79. The molecule has 2 aliphatic rings. The minimum absolute atomic E-state index is 0.0352. The summed E-state index contributed by atoms with van der Waals surface area (Å²) in [4.78, 5) is 38.5. The number of ether oxygens (including phenoxy) is 1. The molecule has 2 aromatic rings. The van der Waals surface area contributed by atoms with Crippen molar-refractivity contribution in [3.63, 3.8) is 0 Å². The predicted octanol–water partition coefficient (Wildman–Crippen LogP) is 4.65. The van der Waals surface area contributed by atoms with Gasteiger partial charge in [0.1, 0.15) is 6.73 Å². The molecule has 4 rings (SSSR count). The quantitative estimate of drug-likeness (QED) is 0.293. The van der Waals surface area contributed by atoms with Crippen LogP contribution in [0.25, 0.3) is 5.57 Å². The van der Waals surface area contributed by atoms with Crippen molar-refractivity contribution in [3.05, 3.63) is 76.3 Å². The number of aryl methyl sites for hydroxylation is 1. The lowest BCUT2D eigenvalue weighted by Gasteiger charge is -2.35. The van der Waals surface area contributed by atoms with Gasteiger partial charge in [0.25, 0.3) is 5.91 Å². The molecule has 11 nitrogen and oxygen atoms in total. The van der Waals surface area contributed by atoms with Gasteiger partial charge in [-0.3, -0.25) is 15.1 Å². The number of allylic oxidation sites excluding steroid dienone is 2. The van der Waals surface area contributed by atoms with Gasteiger partial charge in [0.05, 0.1) is 10.7 Å². The Balaban J connectivity index is 1.41. The van der Waals surface area contributed by atoms with Gasteiger partial charge in [-0.25, -0.2) is 14.2 Å². The van der Waals surface area contributed by atoms with E-state index in [9.17, 15) is 14.0 Å². The van der Waals surface area contributed by atoms with Crippen LogP contribution in [0.15, 0.2) is 58.8 Å². The first-order chi connectivity index (χ1) is 22.1. The normalized spacial score (nSPS) is 20.0. The fourth-order valence-corrected chi connectivity index (χ4v) is 5.17. The Hall–Kier alpha value is -4.26. The van der Waals surface area contributed by atoms with Crippen molar-refractivity contribution in [2.45, 2.75) is 33.2 Å². The number of hydrogen-bond donors (Lipinski definition) is 4. The van der Waals surface area contributed by atoms with Crippen LogP contribution in [0.4, 0.5) is 14.9 Å². The van der Waals surface area contributed by atoms with Crippen molar-refractivity contribution in [1.29, 1.82) is 0 Å². The second kappa shape index (κ2) is 16.3. The summed E-state index contributed by atoms with van der Waals surface area (Å²) in [5, 5.41) is 12.1. The lowest BCUT2D eigenvalue weighted by Crippen LogP contribution is -2.54. The van der Waals surface area contributed by atoms with Gasteiger partial charge >= 0.3 is 6.03 Å². The van der Waals surface area contributed by atoms with E-state index >= 15 is 0 Å². The summed E-state index contributed by atoms with van der Waals surface area (Å²) in [7, 11) is 3.55. The highest BCUT2D eigenvalue weighted by molar-refractivity contribution is 6.45. The molecular formula is C33H42ClFN8O3. The van der Waals surface area contributed by atoms with E-state index in [1.165, 1.54) is 0 Å². The van der Waals surface area contributed by atoms with Crippen molar-refractivity contribution < 1.29 is 18.7 Å². The Morgan fingerprint density at radius 2 is 1.80 bits per heavy atom. The van der Waals surface area contributed by atoms with Crippen molar-refractivity contribution in [2.24, 2.45) is 9.98 Å². The molecule has 0 bridgehead atoms. The van der Waals surface area contributed by atoms with E-state index in [0.717, 1.165) is 16.8 Å². The van der Waals surface area contributed by atoms with Crippen molar-refractivity contribution >= 4 is 46.3 Å². The summed E-state index contributed by atoms with van der Waals surface area (Å²) in [6.45, 7) is 8.29. The number of nitrogens with one attached hydrogen (secondary N) is 4. The molecule has 0 spiro atoms. The fourth-order valence-electron chi connectivity index (χ4n) is 4.89. The lowest BCUT2D eigenvalue weighted by molar-refractivity contribution is 0.0664. The maximum Gasteiger partial charge on any atom is 0.317 e. The summed E-state index contributed by atoms with van der Waals surface area (Å²) in [5.74, 6) is -0.102. The van der Waals surface area contributed by atoms with E-state index in [4.69, 9.17) is 16.3 Å². The Morgan fingerprint density at radius 3 is 2.50 bits per heavy atom. The van der Waals surface area contributed by atoms with E-state index in [1.54, 1.807) is 47.4 Å². The highest BCUT2D eigenvalue weighted by atomic mass is 35.5. The third kappa shape index (κ3) is 8.71. The first-order valence-electron chi connectivity index (χ1n) is 15.2. The minimum Gasteiger partial charge on any atom is -0.475 e. The average Bonchev–Trinajstić information content (AvgIpc) is 3.14. The van der Waals surface area contributed by atoms with Crippen LogP contribution in [0.5, 0.6) is 5.75 Å². The number of carbonyl (C=O) groups is 2. The fraction of sp³-hybridized carbons (Fsp3) is 0.394. The Kier molecular flexibility index (Phi) is 12.3. The van der Waals surface area contributed by atoms with Crippen LogP contribution in [0.3, 0.4) is 0 Å². The summed E-state index contributed by atoms with van der Waals surface area (Å²) in [6.07, 6.45) is 5.62. The van der Waals surface area contributed by atoms with E-state index < -0.39 is 5.82 Å². The number of benzene rings is 2. The number of piperazine rings is 1. The van der Waals surface area contributed by atoms with Crippen LogP contribution < -0.4 is 26.0 Å². The maximum atomic E-state index is 14.9. The number of amidine groups is 1. The Labute approximate surface area is 274 Å². The van der Waals surface area contributed by atoms with Gasteiger partial charge in [-0.1, -0.05) is 17.7 Å². The molecule has 2 heterocycles. The van der Waals surface area contributed by atoms with E-state index in [1.807, 2.05) is 46.0 Å². The topological polar surface area (TPSA) is 123 Å². The standard InChI is InChI=1S/C33H42ClFN8O3/c1-21-17-25(8-9-26(21)32(44)42-13-15-43(16-14-42)33(45)40-18-22(2)37-5)41-31-23(3)39-19-24(7-6-12-38-31)27-10-11-28(46-20-36-4)30(35)29(27)34/h6,8-12,17,19,22,36-37H,7,13-16,18,20H2,1-5H3,(H,38,41)(H,40,45)/b12-6-,24-19+,39-23+/t22-/m0/s1. The van der Waals surface area contributed by atoms with Crippen LogP contribution in [0.1, 0.15) is 41.8 Å². The second-order valence-electron chi connectivity index (χ2n) is 11.1. The van der Waals surface area contributed by atoms with Crippen molar-refractivity contribution in [1.82, 2.24) is 25.8 Å². The van der Waals surface area contributed by atoms with Gasteiger partial charge in [0.15, 0.2) is 17.4 Å². The number of nitrogens with zero attached hydrogens (tertiary/aromatic N) is 4. The lowest BCUT2D eigenvalue weighted by atomic mass is 10.0. The number of hydrogen-bond acceptors (Lipinski definition) is 8. The molecule has 0 radical (unpaired) electrons. The van der Waals surface area contributed by atoms with Crippen LogP contribution in [0, 0.1) is 12.7 Å². The molecule has 0 aliphatic carbocycles. The Morgan fingerprint density at radius 1 is 1.07 bits per heavy atom. The molecule has 1 fully saturated rings. The molecule has 0 saturated carbocycles. The molecule has 1 atom stereocenters. The zero-order chi connectivity index (χ0) is 33.2. The van der Waals surface area contributed by atoms with Gasteiger partial charge in [-0.05, 0) is 82.8 Å². The van der Waals surface area contributed by atoms with Crippen LogP contribution in [-0.4, -0.2) is 92.9 Å². The highest BCUT2D eigenvalue weighted by Gasteiger charge is 2.26. The average molecular weight is 653 g/mol. The van der Waals surface area contributed by atoms with Gasteiger partial charge in [-0.2, -0.15) is 0 Å². The summed E-state index contributed by atoms with van der Waals surface area (Å²) in [6, 6.07) is 8.86. The van der Waals surface area contributed by atoms with Gasteiger partial charge in [0, 0.05) is 68.0 Å².